The van der Waals surface area contributed by atoms with Gasteiger partial charge in [0, 0.05) is 22.4 Å². The largest absolute Gasteiger partial charge is 0.489 e. The van der Waals surface area contributed by atoms with E-state index in [4.69, 9.17) is 16.3 Å². The minimum atomic E-state index is -0.241. The lowest BCUT2D eigenvalue weighted by molar-refractivity contribution is 0.149. The highest BCUT2D eigenvalue weighted by atomic mass is 35.5. The van der Waals surface area contributed by atoms with Gasteiger partial charge in [0.05, 0.1) is 0 Å². The Morgan fingerprint density at radius 2 is 2.12 bits per heavy atom. The third-order valence-corrected chi connectivity index (χ3v) is 4.96. The molecule has 3 heteroatoms. The molecule has 3 unspecified atom stereocenters. The number of alkyl halides is 1. The lowest BCUT2D eigenvalue weighted by Crippen LogP contribution is -2.41. The van der Waals surface area contributed by atoms with E-state index in [0.29, 0.717) is 5.75 Å². The van der Waals surface area contributed by atoms with Gasteiger partial charge in [0.15, 0.2) is 0 Å². The molecule has 1 saturated carbocycles. The molecule has 0 bridgehead atoms. The molecule has 0 saturated heterocycles. The summed E-state index contributed by atoms with van der Waals surface area (Å²) in [6, 6.07) is 4.83. The van der Waals surface area contributed by atoms with E-state index in [0.717, 1.165) is 31.2 Å². The predicted molar refractivity (Wildman–Crippen MR) is 66.3 cm³/mol. The van der Waals surface area contributed by atoms with Gasteiger partial charge in [-0.15, -0.1) is 11.6 Å². The maximum atomic E-state index is 13.2. The van der Waals surface area contributed by atoms with Crippen LogP contribution in [0.3, 0.4) is 0 Å². The second-order valence-corrected chi connectivity index (χ2v) is 5.81. The lowest BCUT2D eigenvalue weighted by atomic mass is 9.75. The summed E-state index contributed by atoms with van der Waals surface area (Å²) < 4.78 is 19.1. The first-order valence-electron chi connectivity index (χ1n) is 6.23. The Hall–Kier alpha value is -0.760. The van der Waals surface area contributed by atoms with Crippen molar-refractivity contribution in [3.05, 3.63) is 29.6 Å². The second-order valence-electron chi connectivity index (χ2n) is 5.28. The van der Waals surface area contributed by atoms with Gasteiger partial charge in [-0.3, -0.25) is 0 Å². The summed E-state index contributed by atoms with van der Waals surface area (Å²) in [5.41, 5.74) is 0.909. The topological polar surface area (TPSA) is 9.23 Å². The van der Waals surface area contributed by atoms with Crippen molar-refractivity contribution < 1.29 is 9.13 Å². The quantitative estimate of drug-likeness (QED) is 0.636. The molecule has 0 aromatic heterocycles. The van der Waals surface area contributed by atoms with Crippen LogP contribution in [-0.2, 0) is 5.41 Å². The summed E-state index contributed by atoms with van der Waals surface area (Å²) in [6.45, 7) is 2.16. The minimum Gasteiger partial charge on any atom is -0.489 e. The van der Waals surface area contributed by atoms with Gasteiger partial charge in [-0.25, -0.2) is 4.39 Å². The average molecular weight is 255 g/mol. The number of halogens is 2. The first-order chi connectivity index (χ1) is 8.12. The van der Waals surface area contributed by atoms with Crippen molar-refractivity contribution in [1.82, 2.24) is 0 Å². The van der Waals surface area contributed by atoms with Crippen molar-refractivity contribution >= 4 is 11.6 Å². The molecule has 2 aliphatic rings. The minimum absolute atomic E-state index is 0.0710. The van der Waals surface area contributed by atoms with E-state index in [9.17, 15) is 4.39 Å². The molecule has 0 spiro atoms. The number of hydrogen-bond donors (Lipinski definition) is 0. The van der Waals surface area contributed by atoms with Gasteiger partial charge in [0.2, 0.25) is 0 Å². The Morgan fingerprint density at radius 3 is 2.94 bits per heavy atom. The zero-order valence-corrected chi connectivity index (χ0v) is 10.6. The Kier molecular flexibility index (Phi) is 2.58. The van der Waals surface area contributed by atoms with E-state index in [1.54, 1.807) is 0 Å². The molecule has 1 aliphatic heterocycles. The summed E-state index contributed by atoms with van der Waals surface area (Å²) in [5.74, 6) is 0.444. The van der Waals surface area contributed by atoms with Crippen LogP contribution in [0.2, 0.25) is 0 Å². The van der Waals surface area contributed by atoms with Gasteiger partial charge in [0.1, 0.15) is 17.7 Å². The molecule has 1 aromatic carbocycles. The zero-order chi connectivity index (χ0) is 12.0. The first-order valence-corrected chi connectivity index (χ1v) is 6.67. The maximum Gasteiger partial charge on any atom is 0.126 e. The van der Waals surface area contributed by atoms with Crippen molar-refractivity contribution in [2.45, 2.75) is 49.5 Å². The van der Waals surface area contributed by atoms with Gasteiger partial charge >= 0.3 is 0 Å². The number of hydrogen-bond acceptors (Lipinski definition) is 1. The molecule has 17 heavy (non-hydrogen) atoms. The van der Waals surface area contributed by atoms with Crippen LogP contribution in [0.4, 0.5) is 4.39 Å². The predicted octanol–water partition coefficient (Wildman–Crippen LogP) is 4.03. The molecule has 0 N–H and O–H groups in total. The molecule has 1 fully saturated rings. The van der Waals surface area contributed by atoms with Gasteiger partial charge in [-0.05, 0) is 25.3 Å². The smallest absolute Gasteiger partial charge is 0.126 e. The first kappa shape index (κ1) is 11.3. The third kappa shape index (κ3) is 1.57. The average Bonchev–Trinajstić information content (AvgIpc) is 2.50. The molecule has 1 nitrogen and oxygen atoms in total. The molecule has 1 aromatic rings. The highest BCUT2D eigenvalue weighted by Crippen LogP contribution is 2.51. The SMILES string of the molecule is CC12c3ccc(F)cc3OC1CCCCC2Cl. The Bertz CT molecular complexity index is 448. The molecule has 1 aliphatic carbocycles. The Balaban J connectivity index is 2.10. The Morgan fingerprint density at radius 1 is 1.35 bits per heavy atom. The van der Waals surface area contributed by atoms with Gasteiger partial charge in [0.25, 0.3) is 0 Å². The van der Waals surface area contributed by atoms with E-state index in [1.165, 1.54) is 12.1 Å². The van der Waals surface area contributed by atoms with Crippen LogP contribution in [0.1, 0.15) is 38.2 Å². The summed E-state index contributed by atoms with van der Waals surface area (Å²) in [5, 5.41) is 0.0710. The molecular weight excluding hydrogens is 239 g/mol. The Labute approximate surface area is 106 Å². The van der Waals surface area contributed by atoms with Crippen LogP contribution >= 0.6 is 11.6 Å². The van der Waals surface area contributed by atoms with E-state index >= 15 is 0 Å². The number of fused-ring (bicyclic) bond motifs is 3. The summed E-state index contributed by atoms with van der Waals surface area (Å²) in [7, 11) is 0. The van der Waals surface area contributed by atoms with E-state index < -0.39 is 0 Å². The van der Waals surface area contributed by atoms with E-state index in [1.807, 2.05) is 6.07 Å². The maximum absolute atomic E-state index is 13.2. The zero-order valence-electron chi connectivity index (χ0n) is 9.88. The monoisotopic (exact) mass is 254 g/mol. The second kappa shape index (κ2) is 3.88. The fourth-order valence-electron chi connectivity index (χ4n) is 3.17. The standard InChI is InChI=1S/C14H16ClFO/c1-14-10-7-6-9(16)8-11(10)17-13(14)5-3-2-4-12(14)15/h6-8,12-13H,2-5H2,1H3. The fourth-order valence-corrected chi connectivity index (χ4v) is 3.58. The van der Waals surface area contributed by atoms with Crippen molar-refractivity contribution in [2.75, 3.05) is 0 Å². The number of rotatable bonds is 0. The van der Waals surface area contributed by atoms with Crippen LogP contribution in [0.15, 0.2) is 18.2 Å². The van der Waals surface area contributed by atoms with E-state index in [2.05, 4.69) is 6.92 Å². The molecule has 3 rings (SSSR count). The molecule has 0 amide bonds. The van der Waals surface area contributed by atoms with Crippen LogP contribution in [0.25, 0.3) is 0 Å². The highest BCUT2D eigenvalue weighted by Gasteiger charge is 2.50. The molecule has 3 atom stereocenters. The van der Waals surface area contributed by atoms with Crippen LogP contribution in [0, 0.1) is 5.82 Å². The summed E-state index contributed by atoms with van der Waals surface area (Å²) in [6.07, 6.45) is 4.41. The van der Waals surface area contributed by atoms with Crippen LogP contribution < -0.4 is 4.74 Å². The molecule has 92 valence electrons. The third-order valence-electron chi connectivity index (χ3n) is 4.29. The lowest BCUT2D eigenvalue weighted by Gasteiger charge is -2.32. The van der Waals surface area contributed by atoms with Crippen LogP contribution in [-0.4, -0.2) is 11.5 Å². The highest BCUT2D eigenvalue weighted by molar-refractivity contribution is 6.21. The van der Waals surface area contributed by atoms with Gasteiger partial charge in [-0.2, -0.15) is 0 Å². The number of benzene rings is 1. The number of ether oxygens (including phenoxy) is 1. The molecule has 1 heterocycles. The van der Waals surface area contributed by atoms with Crippen molar-refractivity contribution in [3.63, 3.8) is 0 Å². The van der Waals surface area contributed by atoms with Gasteiger partial charge in [-0.1, -0.05) is 19.4 Å². The van der Waals surface area contributed by atoms with Crippen molar-refractivity contribution in [3.8, 4) is 5.75 Å². The normalized spacial score (nSPS) is 35.7. The molecular formula is C14H16ClFO. The van der Waals surface area contributed by atoms with Crippen LogP contribution in [0.5, 0.6) is 5.75 Å². The summed E-state index contributed by atoms with van der Waals surface area (Å²) >= 11 is 6.56. The summed E-state index contributed by atoms with van der Waals surface area (Å²) in [4.78, 5) is 0. The van der Waals surface area contributed by atoms with E-state index in [-0.39, 0.29) is 22.7 Å². The fraction of sp³-hybridized carbons (Fsp3) is 0.571. The molecule has 0 radical (unpaired) electrons. The van der Waals surface area contributed by atoms with Crippen molar-refractivity contribution in [1.29, 1.82) is 0 Å². The van der Waals surface area contributed by atoms with Gasteiger partial charge < -0.3 is 4.74 Å². The van der Waals surface area contributed by atoms with Crippen molar-refractivity contribution in [2.24, 2.45) is 0 Å².